The molecule has 0 aliphatic heterocycles. The monoisotopic (exact) mass is 278 g/mol. The normalized spacial score (nSPS) is 27.9. The summed E-state index contributed by atoms with van der Waals surface area (Å²) in [6, 6.07) is 0. The highest BCUT2D eigenvalue weighted by atomic mass is 16.5. The van der Waals surface area contributed by atoms with E-state index in [1.165, 1.54) is 25.7 Å². The van der Waals surface area contributed by atoms with E-state index < -0.39 is 0 Å². The Morgan fingerprint density at radius 2 is 1.95 bits per heavy atom. The van der Waals surface area contributed by atoms with E-state index in [-0.39, 0.29) is 17.3 Å². The Hall–Kier alpha value is -1.05. The molecule has 0 N–H and O–H groups in total. The number of carbonyl (C=O) groups excluding carboxylic acids is 1. The summed E-state index contributed by atoms with van der Waals surface area (Å²) in [4.78, 5) is 12.2. The molecule has 0 aromatic carbocycles. The number of hydrogen-bond acceptors (Lipinski definition) is 2. The minimum absolute atomic E-state index is 0.0170. The van der Waals surface area contributed by atoms with Crippen molar-refractivity contribution in [3.05, 3.63) is 25.3 Å². The predicted octanol–water partition coefficient (Wildman–Crippen LogP) is 4.90. The number of hydrogen-bond donors (Lipinski definition) is 0. The zero-order chi connectivity index (χ0) is 15.0. The second-order valence-corrected chi connectivity index (χ2v) is 5.90. The van der Waals surface area contributed by atoms with Crippen molar-refractivity contribution in [2.24, 2.45) is 17.3 Å². The van der Waals surface area contributed by atoms with Crippen LogP contribution in [0.25, 0.3) is 0 Å². The highest BCUT2D eigenvalue weighted by Crippen LogP contribution is 2.66. The largest absolute Gasteiger partial charge is 0.466 e. The van der Waals surface area contributed by atoms with Gasteiger partial charge in [-0.25, -0.2) is 0 Å². The predicted molar refractivity (Wildman–Crippen MR) is 84.4 cm³/mol. The molecule has 20 heavy (non-hydrogen) atoms. The third-order valence-electron chi connectivity index (χ3n) is 4.63. The lowest BCUT2D eigenvalue weighted by Crippen LogP contribution is -2.13. The van der Waals surface area contributed by atoms with E-state index in [0.717, 1.165) is 19.3 Å². The molecular formula is C18H30O2. The molecule has 0 aromatic heterocycles. The smallest absolute Gasteiger partial charge is 0.309 e. The number of rotatable bonds is 11. The van der Waals surface area contributed by atoms with Gasteiger partial charge in [-0.15, -0.1) is 13.2 Å². The quantitative estimate of drug-likeness (QED) is 0.305. The molecule has 2 heteroatoms. The van der Waals surface area contributed by atoms with Gasteiger partial charge in [-0.2, -0.15) is 0 Å². The second kappa shape index (κ2) is 8.28. The van der Waals surface area contributed by atoms with Crippen molar-refractivity contribution in [3.8, 4) is 0 Å². The minimum Gasteiger partial charge on any atom is -0.466 e. The summed E-state index contributed by atoms with van der Waals surface area (Å²) < 4.78 is 5.26. The maximum absolute atomic E-state index is 12.2. The summed E-state index contributed by atoms with van der Waals surface area (Å²) in [6.45, 7) is 12.3. The molecule has 114 valence electrons. The maximum Gasteiger partial charge on any atom is 0.309 e. The lowest BCUT2D eigenvalue weighted by atomic mass is 9.89. The van der Waals surface area contributed by atoms with E-state index in [0.29, 0.717) is 12.5 Å². The lowest BCUT2D eigenvalue weighted by molar-refractivity contribution is -0.146. The highest BCUT2D eigenvalue weighted by molar-refractivity contribution is 5.78. The van der Waals surface area contributed by atoms with Gasteiger partial charge >= 0.3 is 5.97 Å². The van der Waals surface area contributed by atoms with Gasteiger partial charge in [0, 0.05) is 0 Å². The Morgan fingerprint density at radius 1 is 1.20 bits per heavy atom. The van der Waals surface area contributed by atoms with Crippen LogP contribution in [0, 0.1) is 17.3 Å². The zero-order valence-corrected chi connectivity index (χ0v) is 13.2. The average molecular weight is 278 g/mol. The molecule has 0 amide bonds. The van der Waals surface area contributed by atoms with Crippen LogP contribution < -0.4 is 0 Å². The van der Waals surface area contributed by atoms with Gasteiger partial charge in [0.1, 0.15) is 0 Å². The number of allylic oxidation sites excluding steroid dienone is 2. The van der Waals surface area contributed by atoms with Crippen LogP contribution in [0.5, 0.6) is 0 Å². The topological polar surface area (TPSA) is 26.3 Å². The Balaban J connectivity index is 2.71. The fraction of sp³-hybridized carbons (Fsp3) is 0.722. The molecular weight excluding hydrogens is 248 g/mol. The van der Waals surface area contributed by atoms with Crippen LogP contribution in [0.1, 0.15) is 58.8 Å². The van der Waals surface area contributed by atoms with E-state index in [1.54, 1.807) is 0 Å². The summed E-state index contributed by atoms with van der Waals surface area (Å²) in [6.07, 6.45) is 11.8. The highest BCUT2D eigenvalue weighted by Gasteiger charge is 2.66. The molecule has 1 aliphatic rings. The minimum atomic E-state index is -0.0170. The molecule has 0 saturated heterocycles. The van der Waals surface area contributed by atoms with Gasteiger partial charge in [0.2, 0.25) is 0 Å². The number of esters is 1. The summed E-state index contributed by atoms with van der Waals surface area (Å²) in [5, 5.41) is 0. The summed E-state index contributed by atoms with van der Waals surface area (Å²) in [7, 11) is 0. The van der Waals surface area contributed by atoms with Gasteiger partial charge in [-0.05, 0) is 37.5 Å². The molecule has 1 aliphatic carbocycles. The van der Waals surface area contributed by atoms with Crippen molar-refractivity contribution in [2.45, 2.75) is 58.8 Å². The molecule has 0 unspecified atom stereocenters. The first kappa shape index (κ1) is 17.0. The molecule has 1 fully saturated rings. The van der Waals surface area contributed by atoms with Crippen molar-refractivity contribution >= 4 is 5.97 Å². The third kappa shape index (κ3) is 3.74. The van der Waals surface area contributed by atoms with Crippen molar-refractivity contribution in [1.82, 2.24) is 0 Å². The molecule has 3 atom stereocenters. The lowest BCUT2D eigenvalue weighted by Gasteiger charge is -2.16. The number of ether oxygens (including phenoxy) is 1. The number of unbranched alkanes of at least 4 members (excludes halogenated alkanes) is 3. The van der Waals surface area contributed by atoms with Gasteiger partial charge in [-0.3, -0.25) is 4.79 Å². The first-order valence-corrected chi connectivity index (χ1v) is 8.06. The van der Waals surface area contributed by atoms with E-state index in [1.807, 2.05) is 19.1 Å². The van der Waals surface area contributed by atoms with Crippen LogP contribution in [0.15, 0.2) is 25.3 Å². The third-order valence-corrected chi connectivity index (χ3v) is 4.63. The van der Waals surface area contributed by atoms with Crippen LogP contribution in [0.2, 0.25) is 0 Å². The van der Waals surface area contributed by atoms with Crippen molar-refractivity contribution in [3.63, 3.8) is 0 Å². The molecule has 1 rings (SSSR count). The Kier molecular flexibility index (Phi) is 7.04. The first-order valence-electron chi connectivity index (χ1n) is 8.06. The molecule has 0 aromatic rings. The Morgan fingerprint density at radius 3 is 2.50 bits per heavy atom. The van der Waals surface area contributed by atoms with E-state index in [2.05, 4.69) is 20.1 Å². The van der Waals surface area contributed by atoms with Crippen molar-refractivity contribution < 1.29 is 9.53 Å². The molecule has 0 spiro atoms. The van der Waals surface area contributed by atoms with E-state index in [4.69, 9.17) is 4.74 Å². The van der Waals surface area contributed by atoms with Gasteiger partial charge in [0.15, 0.2) is 0 Å². The Labute approximate surface area is 124 Å². The summed E-state index contributed by atoms with van der Waals surface area (Å²) in [5.74, 6) is 0.440. The molecule has 0 bridgehead atoms. The SMILES string of the molecule is C=CC[C@H]1[C@H](C(=O)OCC)[C@]1(CC=C)CCCCCC. The van der Waals surface area contributed by atoms with Crippen LogP contribution in [0.4, 0.5) is 0 Å². The first-order chi connectivity index (χ1) is 9.67. The van der Waals surface area contributed by atoms with Crippen LogP contribution in [-0.4, -0.2) is 12.6 Å². The van der Waals surface area contributed by atoms with E-state index in [9.17, 15) is 4.79 Å². The average Bonchev–Trinajstić information content (AvgIpc) is 3.03. The van der Waals surface area contributed by atoms with E-state index >= 15 is 0 Å². The summed E-state index contributed by atoms with van der Waals surface area (Å²) >= 11 is 0. The van der Waals surface area contributed by atoms with Gasteiger partial charge in [0.25, 0.3) is 0 Å². The molecule has 2 nitrogen and oxygen atoms in total. The van der Waals surface area contributed by atoms with Gasteiger partial charge < -0.3 is 4.74 Å². The standard InChI is InChI=1S/C18H30O2/c1-5-9-10-11-14-18(13-7-3)15(12-6-2)16(18)17(19)20-8-4/h6-7,15-16H,2-3,5,8-14H2,1,4H3/t15-,16+,18+/m0/s1. The zero-order valence-electron chi connectivity index (χ0n) is 13.2. The molecule has 1 saturated carbocycles. The van der Waals surface area contributed by atoms with Gasteiger partial charge in [-0.1, -0.05) is 44.8 Å². The molecule has 0 heterocycles. The fourth-order valence-corrected chi connectivity index (χ4v) is 3.63. The number of carbonyl (C=O) groups is 1. The maximum atomic E-state index is 12.2. The summed E-state index contributed by atoms with van der Waals surface area (Å²) in [5.41, 5.74) is 0.0932. The van der Waals surface area contributed by atoms with Crippen molar-refractivity contribution in [1.29, 1.82) is 0 Å². The van der Waals surface area contributed by atoms with Crippen LogP contribution >= 0.6 is 0 Å². The van der Waals surface area contributed by atoms with Crippen LogP contribution in [-0.2, 0) is 9.53 Å². The fourth-order valence-electron chi connectivity index (χ4n) is 3.63. The van der Waals surface area contributed by atoms with Crippen LogP contribution in [0.3, 0.4) is 0 Å². The Bertz CT molecular complexity index is 334. The second-order valence-electron chi connectivity index (χ2n) is 5.90. The molecule has 0 radical (unpaired) electrons. The van der Waals surface area contributed by atoms with Crippen molar-refractivity contribution in [2.75, 3.05) is 6.61 Å². The van der Waals surface area contributed by atoms with Gasteiger partial charge in [0.05, 0.1) is 12.5 Å².